The zero-order valence-corrected chi connectivity index (χ0v) is 10.1. The maximum Gasteiger partial charge on any atom is 0.0217 e. The highest BCUT2D eigenvalue weighted by Crippen LogP contribution is 2.27. The molecule has 0 aliphatic heterocycles. The Balaban J connectivity index is 2.24. The van der Waals surface area contributed by atoms with Crippen molar-refractivity contribution in [2.75, 3.05) is 27.2 Å². The molecule has 0 bridgehead atoms. The van der Waals surface area contributed by atoms with E-state index in [1.807, 2.05) is 0 Å². The molecule has 0 amide bonds. The van der Waals surface area contributed by atoms with E-state index in [1.54, 1.807) is 0 Å². The molecule has 14 heavy (non-hydrogen) atoms. The number of likely N-dealkylation sites (N-methyl/N-ethyl adjacent to an activating group) is 2. The third-order valence-electron chi connectivity index (χ3n) is 3.46. The Labute approximate surface area is 89.1 Å². The lowest BCUT2D eigenvalue weighted by Gasteiger charge is -2.34. The third-order valence-corrected chi connectivity index (χ3v) is 3.46. The number of nitrogens with one attached hydrogen (secondary N) is 1. The van der Waals surface area contributed by atoms with E-state index in [4.69, 9.17) is 0 Å². The zero-order chi connectivity index (χ0) is 10.4. The van der Waals surface area contributed by atoms with Gasteiger partial charge in [-0.15, -0.1) is 0 Å². The van der Waals surface area contributed by atoms with E-state index in [1.165, 1.54) is 38.6 Å². The Bertz CT molecular complexity index is 137. The van der Waals surface area contributed by atoms with Crippen molar-refractivity contribution < 1.29 is 0 Å². The van der Waals surface area contributed by atoms with Crippen LogP contribution < -0.4 is 5.32 Å². The predicted molar refractivity (Wildman–Crippen MR) is 62.6 cm³/mol. The van der Waals surface area contributed by atoms with Crippen molar-refractivity contribution in [3.8, 4) is 0 Å². The second kappa shape index (κ2) is 6.41. The van der Waals surface area contributed by atoms with Crippen molar-refractivity contribution in [3.63, 3.8) is 0 Å². The molecular weight excluding hydrogens is 172 g/mol. The Morgan fingerprint density at radius 1 is 1.43 bits per heavy atom. The number of hydrogen-bond donors (Lipinski definition) is 1. The zero-order valence-electron chi connectivity index (χ0n) is 10.1. The molecule has 1 rings (SSSR count). The normalized spacial score (nSPS) is 19.7. The van der Waals surface area contributed by atoms with Crippen molar-refractivity contribution in [1.82, 2.24) is 10.2 Å². The largest absolute Gasteiger partial charge is 0.318 e. The van der Waals surface area contributed by atoms with Gasteiger partial charge in [-0.3, -0.25) is 0 Å². The summed E-state index contributed by atoms with van der Waals surface area (Å²) in [5.41, 5.74) is 0. The minimum absolute atomic E-state index is 0.741. The number of nitrogens with zero attached hydrogens (tertiary/aromatic N) is 1. The molecule has 1 N–H and O–H groups in total. The third kappa shape index (κ3) is 3.58. The lowest BCUT2D eigenvalue weighted by Crippen LogP contribution is -2.42. The Hall–Kier alpha value is -0.0800. The van der Waals surface area contributed by atoms with E-state index < -0.39 is 0 Å². The fraction of sp³-hybridized carbons (Fsp3) is 1.00. The molecule has 0 aromatic carbocycles. The van der Waals surface area contributed by atoms with Gasteiger partial charge in [0.15, 0.2) is 0 Å². The van der Waals surface area contributed by atoms with Gasteiger partial charge < -0.3 is 10.2 Å². The first-order valence-electron chi connectivity index (χ1n) is 6.12. The van der Waals surface area contributed by atoms with Gasteiger partial charge >= 0.3 is 0 Å². The van der Waals surface area contributed by atoms with Gasteiger partial charge in [-0.1, -0.05) is 19.8 Å². The summed E-state index contributed by atoms with van der Waals surface area (Å²) in [6.45, 7) is 4.73. The highest BCUT2D eigenvalue weighted by molar-refractivity contribution is 4.77. The maximum atomic E-state index is 3.30. The van der Waals surface area contributed by atoms with E-state index in [9.17, 15) is 0 Å². The van der Waals surface area contributed by atoms with Gasteiger partial charge in [0.25, 0.3) is 0 Å². The fourth-order valence-corrected chi connectivity index (χ4v) is 2.28. The summed E-state index contributed by atoms with van der Waals surface area (Å²) in [7, 11) is 4.34. The van der Waals surface area contributed by atoms with Crippen LogP contribution in [0.1, 0.15) is 39.0 Å². The second-order valence-corrected chi connectivity index (χ2v) is 4.74. The minimum Gasteiger partial charge on any atom is -0.318 e. The van der Waals surface area contributed by atoms with Crippen molar-refractivity contribution in [2.24, 2.45) is 5.92 Å². The summed E-state index contributed by atoms with van der Waals surface area (Å²) >= 11 is 0. The highest BCUT2D eigenvalue weighted by Gasteiger charge is 2.22. The molecule has 1 saturated carbocycles. The first-order valence-corrected chi connectivity index (χ1v) is 6.12. The predicted octanol–water partition coefficient (Wildman–Crippen LogP) is 2.11. The van der Waals surface area contributed by atoms with Crippen LogP contribution in [0.15, 0.2) is 0 Å². The smallest absolute Gasteiger partial charge is 0.0217 e. The molecule has 1 fully saturated rings. The molecular formula is C12H26N2. The van der Waals surface area contributed by atoms with Gasteiger partial charge in [-0.05, 0) is 39.3 Å². The van der Waals surface area contributed by atoms with E-state index in [0.717, 1.165) is 18.5 Å². The molecule has 0 radical (unpaired) electrons. The van der Waals surface area contributed by atoms with Crippen LogP contribution in [-0.4, -0.2) is 38.1 Å². The SMILES string of the molecule is CCCC(CNC)N(C)CC1CCC1. The lowest BCUT2D eigenvalue weighted by atomic mass is 9.85. The van der Waals surface area contributed by atoms with Crippen molar-refractivity contribution in [1.29, 1.82) is 0 Å². The maximum absolute atomic E-state index is 3.30. The van der Waals surface area contributed by atoms with Crippen molar-refractivity contribution >= 4 is 0 Å². The molecule has 1 unspecified atom stereocenters. The summed E-state index contributed by atoms with van der Waals surface area (Å²) in [4.78, 5) is 2.56. The number of hydrogen-bond acceptors (Lipinski definition) is 2. The monoisotopic (exact) mass is 198 g/mol. The van der Waals surface area contributed by atoms with E-state index in [2.05, 4.69) is 31.2 Å². The first kappa shape index (κ1) is 12.0. The molecule has 0 heterocycles. The molecule has 1 aliphatic carbocycles. The summed E-state index contributed by atoms with van der Waals surface area (Å²) in [5, 5.41) is 3.30. The standard InChI is InChI=1S/C12H26N2/c1-4-6-12(9-13-2)14(3)10-11-7-5-8-11/h11-13H,4-10H2,1-3H3. The van der Waals surface area contributed by atoms with Crippen LogP contribution in [-0.2, 0) is 0 Å². The molecule has 0 spiro atoms. The molecule has 0 saturated heterocycles. The Morgan fingerprint density at radius 2 is 2.14 bits per heavy atom. The van der Waals surface area contributed by atoms with E-state index in [0.29, 0.717) is 0 Å². The van der Waals surface area contributed by atoms with Crippen LogP contribution in [0.25, 0.3) is 0 Å². The first-order chi connectivity index (χ1) is 6.77. The summed E-state index contributed by atoms with van der Waals surface area (Å²) < 4.78 is 0. The quantitative estimate of drug-likeness (QED) is 0.674. The van der Waals surface area contributed by atoms with Gasteiger partial charge in [0.1, 0.15) is 0 Å². The lowest BCUT2D eigenvalue weighted by molar-refractivity contribution is 0.154. The average molecular weight is 198 g/mol. The van der Waals surface area contributed by atoms with Crippen LogP contribution in [0.4, 0.5) is 0 Å². The molecule has 84 valence electrons. The highest BCUT2D eigenvalue weighted by atomic mass is 15.1. The average Bonchev–Trinajstić information content (AvgIpc) is 2.11. The molecule has 0 aromatic rings. The van der Waals surface area contributed by atoms with Gasteiger partial charge in [0.2, 0.25) is 0 Å². The van der Waals surface area contributed by atoms with E-state index >= 15 is 0 Å². The summed E-state index contributed by atoms with van der Waals surface area (Å²) in [6.07, 6.45) is 7.00. The molecule has 1 atom stereocenters. The fourth-order valence-electron chi connectivity index (χ4n) is 2.28. The molecule has 2 heteroatoms. The van der Waals surface area contributed by atoms with Crippen LogP contribution in [0.5, 0.6) is 0 Å². The summed E-state index contributed by atoms with van der Waals surface area (Å²) in [6, 6.07) is 0.741. The van der Waals surface area contributed by atoms with E-state index in [-0.39, 0.29) is 0 Å². The van der Waals surface area contributed by atoms with Crippen LogP contribution in [0.3, 0.4) is 0 Å². The summed E-state index contributed by atoms with van der Waals surface area (Å²) in [5.74, 6) is 0.996. The van der Waals surface area contributed by atoms with Crippen LogP contribution >= 0.6 is 0 Å². The van der Waals surface area contributed by atoms with Gasteiger partial charge in [-0.2, -0.15) is 0 Å². The second-order valence-electron chi connectivity index (χ2n) is 4.74. The molecule has 2 nitrogen and oxygen atoms in total. The van der Waals surface area contributed by atoms with Gasteiger partial charge in [-0.25, -0.2) is 0 Å². The topological polar surface area (TPSA) is 15.3 Å². The van der Waals surface area contributed by atoms with Crippen LogP contribution in [0, 0.1) is 5.92 Å². The molecule has 0 aromatic heterocycles. The van der Waals surface area contributed by atoms with Crippen LogP contribution in [0.2, 0.25) is 0 Å². The van der Waals surface area contributed by atoms with Gasteiger partial charge in [0, 0.05) is 19.1 Å². The minimum atomic E-state index is 0.741. The van der Waals surface area contributed by atoms with Crippen molar-refractivity contribution in [2.45, 2.75) is 45.1 Å². The van der Waals surface area contributed by atoms with Gasteiger partial charge in [0.05, 0.1) is 0 Å². The Kier molecular flexibility index (Phi) is 5.49. The molecule has 1 aliphatic rings. The van der Waals surface area contributed by atoms with Crippen molar-refractivity contribution in [3.05, 3.63) is 0 Å². The number of rotatable bonds is 7. The Morgan fingerprint density at radius 3 is 2.57 bits per heavy atom.